The Kier molecular flexibility index (Phi) is 9.20. The van der Waals surface area contributed by atoms with Crippen LogP contribution in [0, 0.1) is 0 Å². The van der Waals surface area contributed by atoms with Crippen molar-refractivity contribution in [2.45, 2.75) is 26.3 Å². The van der Waals surface area contributed by atoms with Gasteiger partial charge in [0, 0.05) is 37.9 Å². The molecule has 0 N–H and O–H groups in total. The first-order valence-electron chi connectivity index (χ1n) is 14.0. The first-order chi connectivity index (χ1) is 19.2. The van der Waals surface area contributed by atoms with E-state index in [0.29, 0.717) is 24.5 Å². The van der Waals surface area contributed by atoms with Crippen LogP contribution in [-0.4, -0.2) is 66.7 Å². The number of fused-ring (bicyclic) bond motifs is 1. The van der Waals surface area contributed by atoms with Crippen molar-refractivity contribution in [2.24, 2.45) is 0 Å². The molecule has 0 unspecified atom stereocenters. The lowest BCUT2D eigenvalue weighted by Crippen LogP contribution is -2.31. The molecule has 0 saturated carbocycles. The number of benzene rings is 3. The Labute approximate surface area is 231 Å². The SMILES string of the molecule is CCOC(=O)c1c(OCCCN2CCCN(Cc3cccnc3-c3ccccc3)CC2)ccc2ccccc12. The molecule has 0 atom stereocenters. The summed E-state index contributed by atoms with van der Waals surface area (Å²) >= 11 is 0. The quantitative estimate of drug-likeness (QED) is 0.186. The highest BCUT2D eigenvalue weighted by atomic mass is 16.5. The van der Waals surface area contributed by atoms with Crippen molar-refractivity contribution in [3.8, 4) is 17.0 Å². The fourth-order valence-corrected chi connectivity index (χ4v) is 5.33. The second-order valence-corrected chi connectivity index (χ2v) is 9.93. The van der Waals surface area contributed by atoms with Crippen LogP contribution in [0.15, 0.2) is 85.1 Å². The van der Waals surface area contributed by atoms with E-state index in [4.69, 9.17) is 14.5 Å². The molecule has 39 heavy (non-hydrogen) atoms. The van der Waals surface area contributed by atoms with E-state index in [1.54, 1.807) is 0 Å². The number of carbonyl (C=O) groups is 1. The summed E-state index contributed by atoms with van der Waals surface area (Å²) in [6.07, 6.45) is 3.92. The van der Waals surface area contributed by atoms with E-state index >= 15 is 0 Å². The summed E-state index contributed by atoms with van der Waals surface area (Å²) in [5.41, 5.74) is 4.04. The maximum Gasteiger partial charge on any atom is 0.342 e. The maximum absolute atomic E-state index is 12.7. The Balaban J connectivity index is 1.14. The molecular weight excluding hydrogens is 486 g/mol. The predicted molar refractivity (Wildman–Crippen MR) is 156 cm³/mol. The normalized spacial score (nSPS) is 14.7. The molecule has 2 heterocycles. The van der Waals surface area contributed by atoms with Gasteiger partial charge < -0.3 is 14.4 Å². The lowest BCUT2D eigenvalue weighted by Gasteiger charge is -2.23. The lowest BCUT2D eigenvalue weighted by atomic mass is 10.0. The average Bonchev–Trinajstić information content (AvgIpc) is 3.21. The summed E-state index contributed by atoms with van der Waals surface area (Å²) in [4.78, 5) is 22.5. The second-order valence-electron chi connectivity index (χ2n) is 9.93. The molecular formula is C33H37N3O3. The van der Waals surface area contributed by atoms with Crippen molar-refractivity contribution in [2.75, 3.05) is 45.9 Å². The Morgan fingerprint density at radius 3 is 2.54 bits per heavy atom. The highest BCUT2D eigenvalue weighted by Crippen LogP contribution is 2.29. The minimum Gasteiger partial charge on any atom is -0.493 e. The first kappa shape index (κ1) is 26.9. The van der Waals surface area contributed by atoms with Crippen LogP contribution in [0.4, 0.5) is 0 Å². The van der Waals surface area contributed by atoms with Crippen molar-refractivity contribution < 1.29 is 14.3 Å². The molecule has 1 saturated heterocycles. The predicted octanol–water partition coefficient (Wildman–Crippen LogP) is 6.06. The number of rotatable bonds is 10. The van der Waals surface area contributed by atoms with Gasteiger partial charge in [0.05, 0.1) is 18.9 Å². The Bertz CT molecular complexity index is 1380. The Morgan fingerprint density at radius 1 is 0.872 bits per heavy atom. The van der Waals surface area contributed by atoms with Gasteiger partial charge in [0.2, 0.25) is 0 Å². The van der Waals surface area contributed by atoms with E-state index in [2.05, 4.69) is 40.1 Å². The van der Waals surface area contributed by atoms with Crippen LogP contribution in [0.25, 0.3) is 22.0 Å². The minimum absolute atomic E-state index is 0.332. The third kappa shape index (κ3) is 6.83. The fourth-order valence-electron chi connectivity index (χ4n) is 5.33. The van der Waals surface area contributed by atoms with Crippen LogP contribution in [0.1, 0.15) is 35.7 Å². The smallest absolute Gasteiger partial charge is 0.342 e. The van der Waals surface area contributed by atoms with Crippen LogP contribution in [0.2, 0.25) is 0 Å². The summed E-state index contributed by atoms with van der Waals surface area (Å²) in [5.74, 6) is 0.265. The number of hydrogen-bond donors (Lipinski definition) is 0. The van der Waals surface area contributed by atoms with Gasteiger partial charge in [-0.15, -0.1) is 0 Å². The number of ether oxygens (including phenoxy) is 2. The van der Waals surface area contributed by atoms with E-state index in [9.17, 15) is 4.79 Å². The molecule has 1 fully saturated rings. The third-order valence-corrected chi connectivity index (χ3v) is 7.26. The standard InChI is InChI=1S/C33H37N3O3/c1-2-38-33(37)31-29-15-7-6-11-26(29)16-17-30(31)39-24-10-21-35-19-9-20-36(23-22-35)25-28-14-8-18-34-32(28)27-12-4-3-5-13-27/h3-8,11-18H,2,9-10,19-25H2,1H3. The van der Waals surface area contributed by atoms with Gasteiger partial charge in [-0.3, -0.25) is 9.88 Å². The van der Waals surface area contributed by atoms with Crippen molar-refractivity contribution in [1.29, 1.82) is 0 Å². The van der Waals surface area contributed by atoms with E-state index in [1.165, 1.54) is 11.1 Å². The maximum atomic E-state index is 12.7. The fraction of sp³-hybridized carbons (Fsp3) is 0.333. The van der Waals surface area contributed by atoms with E-state index in [1.807, 2.05) is 61.7 Å². The van der Waals surface area contributed by atoms with Gasteiger partial charge >= 0.3 is 5.97 Å². The molecule has 1 aliphatic heterocycles. The zero-order valence-electron chi connectivity index (χ0n) is 22.7. The van der Waals surface area contributed by atoms with Gasteiger partial charge in [0.25, 0.3) is 0 Å². The lowest BCUT2D eigenvalue weighted by molar-refractivity contribution is 0.0524. The van der Waals surface area contributed by atoms with Crippen molar-refractivity contribution in [3.63, 3.8) is 0 Å². The second kappa shape index (κ2) is 13.4. The van der Waals surface area contributed by atoms with E-state index in [0.717, 1.165) is 68.6 Å². The van der Waals surface area contributed by atoms with Crippen LogP contribution in [-0.2, 0) is 11.3 Å². The topological polar surface area (TPSA) is 54.9 Å². The number of pyridine rings is 1. The summed E-state index contributed by atoms with van der Waals surface area (Å²) in [6, 6.07) is 26.4. The van der Waals surface area contributed by atoms with Crippen LogP contribution in [0.5, 0.6) is 5.75 Å². The number of hydrogen-bond acceptors (Lipinski definition) is 6. The van der Waals surface area contributed by atoms with Crippen LogP contribution in [0.3, 0.4) is 0 Å². The van der Waals surface area contributed by atoms with Gasteiger partial charge in [-0.2, -0.15) is 0 Å². The molecule has 0 spiro atoms. The molecule has 0 amide bonds. The number of aromatic nitrogens is 1. The number of esters is 1. The molecule has 3 aromatic carbocycles. The van der Waals surface area contributed by atoms with Gasteiger partial charge in [0.1, 0.15) is 11.3 Å². The van der Waals surface area contributed by atoms with Crippen molar-refractivity contribution >= 4 is 16.7 Å². The van der Waals surface area contributed by atoms with Crippen molar-refractivity contribution in [3.05, 3.63) is 96.2 Å². The molecule has 1 aromatic heterocycles. The molecule has 0 bridgehead atoms. The van der Waals surface area contributed by atoms with Crippen LogP contribution < -0.4 is 4.74 Å². The molecule has 202 valence electrons. The third-order valence-electron chi connectivity index (χ3n) is 7.26. The molecule has 0 radical (unpaired) electrons. The molecule has 1 aliphatic rings. The molecule has 4 aromatic rings. The summed E-state index contributed by atoms with van der Waals surface area (Å²) in [6.45, 7) is 8.82. The zero-order chi connectivity index (χ0) is 26.9. The van der Waals surface area contributed by atoms with Gasteiger partial charge in [-0.05, 0) is 61.3 Å². The van der Waals surface area contributed by atoms with Gasteiger partial charge in [-0.1, -0.05) is 66.7 Å². The summed E-state index contributed by atoms with van der Waals surface area (Å²) in [7, 11) is 0. The average molecular weight is 524 g/mol. The highest BCUT2D eigenvalue weighted by molar-refractivity contribution is 6.07. The largest absolute Gasteiger partial charge is 0.493 e. The highest BCUT2D eigenvalue weighted by Gasteiger charge is 2.19. The summed E-state index contributed by atoms with van der Waals surface area (Å²) in [5, 5.41) is 1.87. The summed E-state index contributed by atoms with van der Waals surface area (Å²) < 4.78 is 11.5. The van der Waals surface area contributed by atoms with E-state index < -0.39 is 0 Å². The van der Waals surface area contributed by atoms with Crippen LogP contribution >= 0.6 is 0 Å². The number of nitrogens with zero attached hydrogens (tertiary/aromatic N) is 3. The molecule has 5 rings (SSSR count). The monoisotopic (exact) mass is 523 g/mol. The molecule has 6 heteroatoms. The van der Waals surface area contributed by atoms with Gasteiger partial charge in [0.15, 0.2) is 0 Å². The zero-order valence-corrected chi connectivity index (χ0v) is 22.7. The Morgan fingerprint density at radius 2 is 1.67 bits per heavy atom. The van der Waals surface area contributed by atoms with Gasteiger partial charge in [-0.25, -0.2) is 4.79 Å². The molecule has 6 nitrogen and oxygen atoms in total. The number of carbonyl (C=O) groups excluding carboxylic acids is 1. The van der Waals surface area contributed by atoms with Crippen molar-refractivity contribution in [1.82, 2.24) is 14.8 Å². The Hall–Kier alpha value is -3.74. The first-order valence-corrected chi connectivity index (χ1v) is 14.0. The minimum atomic E-state index is -0.332. The molecule has 0 aliphatic carbocycles. The van der Waals surface area contributed by atoms with E-state index in [-0.39, 0.29) is 5.97 Å².